The third-order valence-corrected chi connectivity index (χ3v) is 3.71. The van der Waals surface area contributed by atoms with Gasteiger partial charge in [0.1, 0.15) is 5.25 Å². The number of aliphatic imine (C=N–C) groups is 2. The van der Waals surface area contributed by atoms with Gasteiger partial charge in [0.05, 0.1) is 0 Å². The minimum Gasteiger partial charge on any atom is -0.370 e. The number of benzene rings is 1. The van der Waals surface area contributed by atoms with E-state index in [4.69, 9.17) is 23.1 Å². The van der Waals surface area contributed by atoms with Crippen LogP contribution in [-0.2, 0) is 9.59 Å². The van der Waals surface area contributed by atoms with Gasteiger partial charge in [-0.15, -0.1) is 0 Å². The van der Waals surface area contributed by atoms with Gasteiger partial charge < -0.3 is 16.8 Å². The Hall–Kier alpha value is -2.06. The lowest BCUT2D eigenvalue weighted by Gasteiger charge is -2.08. The van der Waals surface area contributed by atoms with Crippen molar-refractivity contribution in [3.63, 3.8) is 0 Å². The van der Waals surface area contributed by atoms with E-state index in [1.165, 1.54) is 0 Å². The predicted molar refractivity (Wildman–Crippen MR) is 84.3 cm³/mol. The molecule has 0 saturated heterocycles. The monoisotopic (exact) mass is 325 g/mol. The predicted octanol–water partition coefficient (Wildman–Crippen LogP) is 0.940. The third-order valence-electron chi connectivity index (χ3n) is 2.43. The summed E-state index contributed by atoms with van der Waals surface area (Å²) in [4.78, 5) is 30.9. The van der Waals surface area contributed by atoms with Gasteiger partial charge in [-0.05, 0) is 18.2 Å². The molecular weight excluding hydrogens is 314 g/mol. The number of amidine groups is 1. The molecule has 1 aromatic carbocycles. The molecule has 0 aliphatic carbocycles. The first-order valence-corrected chi connectivity index (χ1v) is 7.14. The van der Waals surface area contributed by atoms with Crippen molar-refractivity contribution in [1.82, 2.24) is 0 Å². The highest BCUT2D eigenvalue weighted by Crippen LogP contribution is 2.26. The van der Waals surface area contributed by atoms with Crippen LogP contribution in [0, 0.1) is 0 Å². The molecule has 2 rings (SSSR count). The number of amides is 2. The summed E-state index contributed by atoms with van der Waals surface area (Å²) in [6.45, 7) is 0. The molecule has 0 fully saturated rings. The average Bonchev–Trinajstić information content (AvgIpc) is 2.68. The van der Waals surface area contributed by atoms with E-state index in [1.807, 2.05) is 0 Å². The second-order valence-electron chi connectivity index (χ2n) is 4.14. The minimum atomic E-state index is -0.623. The molecule has 0 bridgehead atoms. The lowest BCUT2D eigenvalue weighted by Crippen LogP contribution is -2.23. The molecule has 0 aromatic heterocycles. The van der Waals surface area contributed by atoms with E-state index in [9.17, 15) is 9.59 Å². The van der Waals surface area contributed by atoms with Gasteiger partial charge in [0, 0.05) is 17.1 Å². The molecule has 0 spiro atoms. The number of nitrogens with one attached hydrogen (secondary N) is 1. The van der Waals surface area contributed by atoms with Crippen molar-refractivity contribution >= 4 is 52.0 Å². The number of nitrogens with zero attached hydrogens (tertiary/aromatic N) is 2. The molecule has 1 atom stereocenters. The Morgan fingerprint density at radius 3 is 2.90 bits per heavy atom. The van der Waals surface area contributed by atoms with Crippen LogP contribution < -0.4 is 16.8 Å². The number of rotatable bonds is 3. The number of hydrogen-bond donors (Lipinski definition) is 3. The molecule has 110 valence electrons. The van der Waals surface area contributed by atoms with E-state index in [0.29, 0.717) is 10.7 Å². The Kier molecular flexibility index (Phi) is 4.81. The SMILES string of the molecule is NC(N)=NC1=NC(=O)[C@@H](CC(=O)Nc2cccc(Cl)c2)S1. The molecule has 0 unspecified atom stereocenters. The van der Waals surface area contributed by atoms with Crippen LogP contribution in [0.5, 0.6) is 0 Å². The lowest BCUT2D eigenvalue weighted by molar-refractivity contribution is -0.121. The highest BCUT2D eigenvalue weighted by atomic mass is 35.5. The van der Waals surface area contributed by atoms with Crippen molar-refractivity contribution in [1.29, 1.82) is 0 Å². The zero-order chi connectivity index (χ0) is 15.4. The van der Waals surface area contributed by atoms with Gasteiger partial charge in [0.15, 0.2) is 11.1 Å². The summed E-state index contributed by atoms with van der Waals surface area (Å²) >= 11 is 6.88. The summed E-state index contributed by atoms with van der Waals surface area (Å²) in [7, 11) is 0. The second-order valence-corrected chi connectivity index (χ2v) is 5.74. The number of halogens is 1. The summed E-state index contributed by atoms with van der Waals surface area (Å²) in [6.07, 6.45) is -0.0248. The van der Waals surface area contributed by atoms with Gasteiger partial charge in [-0.2, -0.15) is 9.98 Å². The Bertz CT molecular complexity index is 642. The van der Waals surface area contributed by atoms with Crippen molar-refractivity contribution in [2.75, 3.05) is 5.32 Å². The number of hydrogen-bond acceptors (Lipinski definition) is 4. The fraction of sp³-hybridized carbons (Fsp3) is 0.167. The summed E-state index contributed by atoms with van der Waals surface area (Å²) in [5.74, 6) is -0.927. The zero-order valence-electron chi connectivity index (χ0n) is 10.7. The van der Waals surface area contributed by atoms with E-state index in [0.717, 1.165) is 11.8 Å². The Morgan fingerprint density at radius 1 is 1.48 bits per heavy atom. The van der Waals surface area contributed by atoms with E-state index < -0.39 is 11.2 Å². The van der Waals surface area contributed by atoms with Gasteiger partial charge in [0.2, 0.25) is 5.91 Å². The van der Waals surface area contributed by atoms with Gasteiger partial charge >= 0.3 is 0 Å². The van der Waals surface area contributed by atoms with Gasteiger partial charge in [-0.3, -0.25) is 9.59 Å². The van der Waals surface area contributed by atoms with Crippen molar-refractivity contribution in [3.8, 4) is 0 Å². The standard InChI is InChI=1S/C12H12ClN5O2S/c13-6-2-1-3-7(4-6)16-9(19)5-8-10(20)17-12(21-8)18-11(14)15/h1-4,8H,5H2,(H,16,19)(H4,14,15,17,18,20)/t8-/m1/s1. The second kappa shape index (κ2) is 6.59. The van der Waals surface area contributed by atoms with Crippen LogP contribution in [0.1, 0.15) is 6.42 Å². The smallest absolute Gasteiger partial charge is 0.262 e. The molecule has 5 N–H and O–H groups in total. The lowest BCUT2D eigenvalue weighted by atomic mass is 10.2. The number of guanidine groups is 1. The zero-order valence-corrected chi connectivity index (χ0v) is 12.3. The molecular formula is C12H12ClN5O2S. The van der Waals surface area contributed by atoms with E-state index in [1.54, 1.807) is 24.3 Å². The number of anilines is 1. The van der Waals surface area contributed by atoms with Crippen LogP contribution in [0.4, 0.5) is 5.69 Å². The van der Waals surface area contributed by atoms with Gasteiger partial charge in [-0.25, -0.2) is 0 Å². The van der Waals surface area contributed by atoms with Crippen molar-refractivity contribution < 1.29 is 9.59 Å². The summed E-state index contributed by atoms with van der Waals surface area (Å²) in [6, 6.07) is 6.73. The van der Waals surface area contributed by atoms with Crippen LogP contribution in [0.25, 0.3) is 0 Å². The van der Waals surface area contributed by atoms with E-state index in [-0.39, 0.29) is 23.5 Å². The Labute approximate surface area is 129 Å². The van der Waals surface area contributed by atoms with Crippen LogP contribution in [0.2, 0.25) is 5.02 Å². The van der Waals surface area contributed by atoms with Crippen LogP contribution >= 0.6 is 23.4 Å². The molecule has 0 saturated carbocycles. The van der Waals surface area contributed by atoms with Crippen molar-refractivity contribution in [3.05, 3.63) is 29.3 Å². The minimum absolute atomic E-state index is 0.0248. The maximum atomic E-state index is 11.9. The fourth-order valence-electron chi connectivity index (χ4n) is 1.61. The first-order chi connectivity index (χ1) is 9.94. The first kappa shape index (κ1) is 15.3. The molecule has 7 nitrogen and oxygen atoms in total. The first-order valence-electron chi connectivity index (χ1n) is 5.88. The normalized spacial score (nSPS) is 17.3. The summed E-state index contributed by atoms with van der Waals surface area (Å²) in [5, 5.41) is 2.72. The number of nitrogens with two attached hydrogens (primary N) is 2. The quantitative estimate of drug-likeness (QED) is 0.563. The number of carbonyl (C=O) groups excluding carboxylic acids is 2. The van der Waals surface area contributed by atoms with Crippen molar-refractivity contribution in [2.45, 2.75) is 11.7 Å². The highest BCUT2D eigenvalue weighted by Gasteiger charge is 2.30. The summed E-state index contributed by atoms with van der Waals surface area (Å²) < 4.78 is 0. The van der Waals surface area contributed by atoms with E-state index >= 15 is 0 Å². The van der Waals surface area contributed by atoms with Gasteiger partial charge in [0.25, 0.3) is 5.91 Å². The van der Waals surface area contributed by atoms with Crippen LogP contribution in [0.15, 0.2) is 34.3 Å². The maximum absolute atomic E-state index is 11.9. The molecule has 9 heteroatoms. The molecule has 21 heavy (non-hydrogen) atoms. The molecule has 1 aliphatic rings. The fourth-order valence-corrected chi connectivity index (χ4v) is 2.74. The molecule has 0 radical (unpaired) electrons. The summed E-state index contributed by atoms with van der Waals surface area (Å²) in [5.41, 5.74) is 11.0. The van der Waals surface area contributed by atoms with E-state index in [2.05, 4.69) is 15.3 Å². The maximum Gasteiger partial charge on any atom is 0.262 e. The van der Waals surface area contributed by atoms with Crippen molar-refractivity contribution in [2.24, 2.45) is 21.5 Å². The highest BCUT2D eigenvalue weighted by molar-refractivity contribution is 8.15. The Balaban J connectivity index is 1.93. The molecule has 1 aromatic rings. The Morgan fingerprint density at radius 2 is 2.24 bits per heavy atom. The largest absolute Gasteiger partial charge is 0.370 e. The van der Waals surface area contributed by atoms with Crippen LogP contribution in [-0.4, -0.2) is 28.2 Å². The van der Waals surface area contributed by atoms with Gasteiger partial charge in [-0.1, -0.05) is 29.4 Å². The van der Waals surface area contributed by atoms with Crippen LogP contribution in [0.3, 0.4) is 0 Å². The third kappa shape index (κ3) is 4.47. The molecule has 2 amide bonds. The number of carbonyl (C=O) groups is 2. The molecule has 1 aliphatic heterocycles. The number of thioether (sulfide) groups is 1. The molecule has 1 heterocycles. The topological polar surface area (TPSA) is 123 Å². The average molecular weight is 326 g/mol.